The highest BCUT2D eigenvalue weighted by Crippen LogP contribution is 2.32. The summed E-state index contributed by atoms with van der Waals surface area (Å²) < 4.78 is 5.36. The minimum Gasteiger partial charge on any atom is -0.497 e. The number of rotatable bonds is 6. The molecule has 1 heterocycles. The predicted molar refractivity (Wildman–Crippen MR) is 116 cm³/mol. The molecular weight excluding hydrogens is 364 g/mol. The van der Waals surface area contributed by atoms with Crippen molar-refractivity contribution >= 4 is 23.1 Å². The van der Waals surface area contributed by atoms with Gasteiger partial charge in [0.25, 0.3) is 0 Å². The monoisotopic (exact) mass is 392 g/mol. The number of hydrogen-bond donors (Lipinski definition) is 2. The van der Waals surface area contributed by atoms with Gasteiger partial charge in [-0.3, -0.25) is 9.59 Å². The molecule has 0 bridgehead atoms. The zero-order valence-electron chi connectivity index (χ0n) is 17.5. The van der Waals surface area contributed by atoms with Crippen LogP contribution in [0, 0.1) is 0 Å². The van der Waals surface area contributed by atoms with Gasteiger partial charge in [-0.1, -0.05) is 25.1 Å². The molecule has 0 aromatic heterocycles. The summed E-state index contributed by atoms with van der Waals surface area (Å²) in [4.78, 5) is 24.8. The van der Waals surface area contributed by atoms with Crippen LogP contribution in [0.4, 0.5) is 5.69 Å². The largest absolute Gasteiger partial charge is 0.497 e. The third-order valence-electron chi connectivity index (χ3n) is 4.90. The Hall–Kier alpha value is -3.08. The summed E-state index contributed by atoms with van der Waals surface area (Å²) in [6.07, 6.45) is 3.73. The summed E-state index contributed by atoms with van der Waals surface area (Å²) in [7, 11) is 1.63. The molecule has 0 aliphatic carbocycles. The Kier molecular flexibility index (Phi) is 6.06. The lowest BCUT2D eigenvalue weighted by molar-refractivity contribution is -0.116. The van der Waals surface area contributed by atoms with Gasteiger partial charge in [0, 0.05) is 40.5 Å². The van der Waals surface area contributed by atoms with Crippen molar-refractivity contribution in [2.45, 2.75) is 45.6 Å². The molecule has 2 aromatic carbocycles. The van der Waals surface area contributed by atoms with E-state index in [9.17, 15) is 9.59 Å². The number of fused-ring (bicyclic) bond motifs is 1. The van der Waals surface area contributed by atoms with E-state index in [0.29, 0.717) is 17.7 Å². The van der Waals surface area contributed by atoms with Crippen molar-refractivity contribution in [3.8, 4) is 5.75 Å². The minimum atomic E-state index is -0.163. The summed E-state index contributed by atoms with van der Waals surface area (Å²) in [5.74, 6) is 0.585. The number of nitrogens with one attached hydrogen (secondary N) is 2. The van der Waals surface area contributed by atoms with E-state index in [1.807, 2.05) is 19.1 Å². The van der Waals surface area contributed by atoms with Crippen LogP contribution in [0.5, 0.6) is 5.75 Å². The highest BCUT2D eigenvalue weighted by molar-refractivity contribution is 6.09. The number of carbonyl (C=O) groups is 2. The van der Waals surface area contributed by atoms with E-state index in [1.165, 1.54) is 5.56 Å². The topological polar surface area (TPSA) is 67.4 Å². The smallest absolute Gasteiger partial charge is 0.224 e. The molecule has 0 unspecified atom stereocenters. The van der Waals surface area contributed by atoms with E-state index in [4.69, 9.17) is 4.74 Å². The summed E-state index contributed by atoms with van der Waals surface area (Å²) in [5, 5.41) is 6.32. The quantitative estimate of drug-likeness (QED) is 0.558. The molecule has 2 aromatic rings. The van der Waals surface area contributed by atoms with Gasteiger partial charge in [-0.25, -0.2) is 0 Å². The van der Waals surface area contributed by atoms with Crippen LogP contribution in [-0.4, -0.2) is 24.3 Å². The number of carbonyl (C=O) groups excluding carboxylic acids is 2. The van der Waals surface area contributed by atoms with Gasteiger partial charge in [-0.05, 0) is 56.5 Å². The molecule has 1 amide bonds. The Morgan fingerprint density at radius 1 is 1.21 bits per heavy atom. The van der Waals surface area contributed by atoms with Crippen molar-refractivity contribution < 1.29 is 14.3 Å². The van der Waals surface area contributed by atoms with E-state index < -0.39 is 0 Å². The molecule has 1 aliphatic rings. The molecule has 1 aliphatic heterocycles. The minimum absolute atomic E-state index is 0.0489. The van der Waals surface area contributed by atoms with Crippen molar-refractivity contribution in [2.75, 3.05) is 12.4 Å². The number of ether oxygens (including phenoxy) is 1. The van der Waals surface area contributed by atoms with E-state index in [2.05, 4.69) is 30.5 Å². The molecule has 3 rings (SSSR count). The molecule has 29 heavy (non-hydrogen) atoms. The maximum Gasteiger partial charge on any atom is 0.224 e. The zero-order chi connectivity index (χ0) is 21.0. The molecule has 0 atom stereocenters. The molecule has 0 saturated heterocycles. The van der Waals surface area contributed by atoms with Gasteiger partial charge in [0.1, 0.15) is 5.75 Å². The fraction of sp³-hybridized carbons (Fsp3) is 0.333. The number of methoxy groups -OCH3 is 1. The van der Waals surface area contributed by atoms with Crippen LogP contribution in [0.25, 0.3) is 5.70 Å². The van der Waals surface area contributed by atoms with Gasteiger partial charge in [0.2, 0.25) is 5.91 Å². The van der Waals surface area contributed by atoms with Crippen LogP contribution in [0.15, 0.2) is 48.5 Å². The Morgan fingerprint density at radius 3 is 2.72 bits per heavy atom. The third-order valence-corrected chi connectivity index (χ3v) is 4.90. The van der Waals surface area contributed by atoms with Gasteiger partial charge in [-0.15, -0.1) is 0 Å². The first-order valence-electron chi connectivity index (χ1n) is 9.93. The Morgan fingerprint density at radius 2 is 2.00 bits per heavy atom. The second-order valence-corrected chi connectivity index (χ2v) is 8.01. The van der Waals surface area contributed by atoms with Gasteiger partial charge in [-0.2, -0.15) is 0 Å². The van der Waals surface area contributed by atoms with Crippen LogP contribution in [0.1, 0.15) is 55.1 Å². The van der Waals surface area contributed by atoms with Crippen molar-refractivity contribution in [3.05, 3.63) is 65.2 Å². The number of ketones is 1. The van der Waals surface area contributed by atoms with Crippen LogP contribution >= 0.6 is 0 Å². The first-order chi connectivity index (χ1) is 13.8. The molecular formula is C24H28N2O3. The fourth-order valence-corrected chi connectivity index (χ4v) is 3.57. The number of allylic oxidation sites excluding steroid dienone is 1. The van der Waals surface area contributed by atoms with E-state index in [1.54, 1.807) is 37.5 Å². The van der Waals surface area contributed by atoms with Crippen molar-refractivity contribution in [3.63, 3.8) is 0 Å². The van der Waals surface area contributed by atoms with Crippen molar-refractivity contribution in [1.82, 2.24) is 5.32 Å². The first-order valence-corrected chi connectivity index (χ1v) is 9.93. The second kappa shape index (κ2) is 8.52. The lowest BCUT2D eigenvalue weighted by atomic mass is 9.85. The maximum atomic E-state index is 13.0. The maximum absolute atomic E-state index is 13.0. The lowest BCUT2D eigenvalue weighted by Gasteiger charge is -2.35. The molecule has 0 spiro atoms. The van der Waals surface area contributed by atoms with Crippen LogP contribution in [0.3, 0.4) is 0 Å². The molecule has 0 radical (unpaired) electrons. The van der Waals surface area contributed by atoms with Crippen molar-refractivity contribution in [1.29, 1.82) is 0 Å². The van der Waals surface area contributed by atoms with E-state index in [0.717, 1.165) is 29.9 Å². The predicted octanol–water partition coefficient (Wildman–Crippen LogP) is 4.58. The SMILES string of the molecule is CCCC(=O)Nc1cccc(C(=O)/C=C2\NC(C)(C)Cc3ccc(OC)cc32)c1. The van der Waals surface area contributed by atoms with Gasteiger partial charge >= 0.3 is 0 Å². The van der Waals surface area contributed by atoms with E-state index in [-0.39, 0.29) is 17.2 Å². The third kappa shape index (κ3) is 5.05. The van der Waals surface area contributed by atoms with Crippen molar-refractivity contribution in [2.24, 2.45) is 0 Å². The first kappa shape index (κ1) is 20.6. The molecule has 0 saturated carbocycles. The average Bonchev–Trinajstić information content (AvgIpc) is 2.67. The normalized spacial score (nSPS) is 15.9. The van der Waals surface area contributed by atoms with E-state index >= 15 is 0 Å². The Labute approximate surface area is 172 Å². The molecule has 5 nitrogen and oxygen atoms in total. The number of hydrogen-bond acceptors (Lipinski definition) is 4. The summed E-state index contributed by atoms with van der Waals surface area (Å²) in [5.41, 5.74) is 3.93. The highest BCUT2D eigenvalue weighted by Gasteiger charge is 2.28. The molecule has 0 fully saturated rings. The van der Waals surface area contributed by atoms with Crippen LogP contribution in [0.2, 0.25) is 0 Å². The summed E-state index contributed by atoms with van der Waals surface area (Å²) >= 11 is 0. The average molecular weight is 392 g/mol. The fourth-order valence-electron chi connectivity index (χ4n) is 3.57. The second-order valence-electron chi connectivity index (χ2n) is 8.01. The van der Waals surface area contributed by atoms with Gasteiger partial charge < -0.3 is 15.4 Å². The standard InChI is InChI=1S/C24H28N2O3/c1-5-7-23(28)25-18-9-6-8-16(12-18)22(27)14-21-20-13-19(29-4)11-10-17(20)15-24(2,3)26-21/h6,8-14,26H,5,7,15H2,1-4H3,(H,25,28)/b21-14-. The number of benzene rings is 2. The summed E-state index contributed by atoms with van der Waals surface area (Å²) in [6.45, 7) is 6.18. The van der Waals surface area contributed by atoms with Crippen LogP contribution in [-0.2, 0) is 11.2 Å². The zero-order valence-corrected chi connectivity index (χ0v) is 17.5. The molecule has 5 heteroatoms. The molecule has 2 N–H and O–H groups in total. The Balaban J connectivity index is 1.92. The Bertz CT molecular complexity index is 960. The van der Waals surface area contributed by atoms with Gasteiger partial charge in [0.15, 0.2) is 5.78 Å². The number of amides is 1. The number of anilines is 1. The van der Waals surface area contributed by atoms with Crippen LogP contribution < -0.4 is 15.4 Å². The summed E-state index contributed by atoms with van der Waals surface area (Å²) in [6, 6.07) is 13.0. The van der Waals surface area contributed by atoms with Gasteiger partial charge in [0.05, 0.1) is 7.11 Å². The highest BCUT2D eigenvalue weighted by atomic mass is 16.5. The lowest BCUT2D eigenvalue weighted by Crippen LogP contribution is -2.43. The molecule has 152 valence electrons.